The normalized spacial score (nSPS) is 10.3. The highest BCUT2D eigenvalue weighted by atomic mass is 79.9. The molecule has 0 saturated carbocycles. The van der Waals surface area contributed by atoms with Crippen molar-refractivity contribution >= 4 is 21.8 Å². The number of benzene rings is 2. The van der Waals surface area contributed by atoms with Gasteiger partial charge in [0, 0.05) is 11.0 Å². The molecule has 0 atom stereocenters. The average Bonchev–Trinajstić information content (AvgIpc) is 2.55. The molecule has 5 nitrogen and oxygen atoms in total. The Kier molecular flexibility index (Phi) is 6.43. The molecule has 0 aliphatic rings. The molecule has 1 amide bonds. The van der Waals surface area contributed by atoms with Gasteiger partial charge in [-0.05, 0) is 35.9 Å². The summed E-state index contributed by atoms with van der Waals surface area (Å²) < 4.78 is 11.3. The van der Waals surface area contributed by atoms with E-state index < -0.39 is 0 Å². The molecule has 0 aliphatic heterocycles. The van der Waals surface area contributed by atoms with Crippen molar-refractivity contribution in [2.45, 2.75) is 6.61 Å². The van der Waals surface area contributed by atoms with Gasteiger partial charge in [-0.15, -0.1) is 0 Å². The predicted octanol–water partition coefficient (Wildman–Crippen LogP) is 3.11. The number of aromatic hydroxyl groups is 1. The van der Waals surface area contributed by atoms with E-state index in [1.165, 1.54) is 6.07 Å². The van der Waals surface area contributed by atoms with Crippen molar-refractivity contribution in [2.75, 3.05) is 20.3 Å². The van der Waals surface area contributed by atoms with Gasteiger partial charge in [0.2, 0.25) is 0 Å². The summed E-state index contributed by atoms with van der Waals surface area (Å²) in [5, 5.41) is 12.4. The zero-order valence-electron chi connectivity index (χ0n) is 12.7. The second kappa shape index (κ2) is 8.55. The van der Waals surface area contributed by atoms with Crippen molar-refractivity contribution in [3.63, 3.8) is 0 Å². The van der Waals surface area contributed by atoms with Crippen LogP contribution in [0.5, 0.6) is 11.5 Å². The van der Waals surface area contributed by atoms with E-state index in [0.29, 0.717) is 19.8 Å². The Morgan fingerprint density at radius 3 is 2.61 bits per heavy atom. The second-order valence-corrected chi connectivity index (χ2v) is 5.73. The minimum absolute atomic E-state index is 0.0592. The van der Waals surface area contributed by atoms with E-state index in [2.05, 4.69) is 21.2 Å². The summed E-state index contributed by atoms with van der Waals surface area (Å²) >= 11 is 3.23. The number of methoxy groups -OCH3 is 1. The van der Waals surface area contributed by atoms with E-state index in [1.807, 2.05) is 24.3 Å². The maximum Gasteiger partial charge on any atom is 0.255 e. The van der Waals surface area contributed by atoms with Crippen LogP contribution in [-0.4, -0.2) is 31.3 Å². The number of hydrogen-bond donors (Lipinski definition) is 2. The number of ether oxygens (including phenoxy) is 2. The number of phenolic OH excluding ortho intramolecular Hbond substituents is 1. The molecule has 2 rings (SSSR count). The lowest BCUT2D eigenvalue weighted by Crippen LogP contribution is -2.27. The molecular formula is C17H18BrNO4. The molecule has 2 N–H and O–H groups in total. The van der Waals surface area contributed by atoms with E-state index in [1.54, 1.807) is 19.2 Å². The summed E-state index contributed by atoms with van der Waals surface area (Å²) in [5.41, 5.74) is 1.27. The number of amides is 1. The summed E-state index contributed by atoms with van der Waals surface area (Å²) in [5.74, 6) is 0.411. The van der Waals surface area contributed by atoms with E-state index >= 15 is 0 Å². The lowest BCUT2D eigenvalue weighted by Gasteiger charge is -2.08. The van der Waals surface area contributed by atoms with Gasteiger partial charge in [-0.3, -0.25) is 4.79 Å². The van der Waals surface area contributed by atoms with Crippen molar-refractivity contribution in [1.82, 2.24) is 5.32 Å². The largest absolute Gasteiger partial charge is 0.507 e. The van der Waals surface area contributed by atoms with Gasteiger partial charge in [0.25, 0.3) is 5.91 Å². The average molecular weight is 380 g/mol. The Morgan fingerprint density at radius 1 is 1.22 bits per heavy atom. The fraction of sp³-hybridized carbons (Fsp3) is 0.235. The summed E-state index contributed by atoms with van der Waals surface area (Å²) in [4.78, 5) is 11.9. The van der Waals surface area contributed by atoms with Crippen LogP contribution < -0.4 is 10.1 Å². The van der Waals surface area contributed by atoms with E-state index in [9.17, 15) is 9.90 Å². The fourth-order valence-electron chi connectivity index (χ4n) is 1.94. The molecule has 0 saturated heterocycles. The molecular weight excluding hydrogens is 362 g/mol. The quantitative estimate of drug-likeness (QED) is 0.725. The first kappa shape index (κ1) is 17.3. The maximum absolute atomic E-state index is 11.9. The van der Waals surface area contributed by atoms with Gasteiger partial charge >= 0.3 is 0 Å². The van der Waals surface area contributed by atoms with Gasteiger partial charge in [0.15, 0.2) is 0 Å². The van der Waals surface area contributed by atoms with Gasteiger partial charge in [-0.25, -0.2) is 0 Å². The molecule has 6 heteroatoms. The molecule has 23 heavy (non-hydrogen) atoms. The Hall–Kier alpha value is -2.05. The van der Waals surface area contributed by atoms with Gasteiger partial charge in [0.05, 0.1) is 25.9 Å². The predicted molar refractivity (Wildman–Crippen MR) is 90.8 cm³/mol. The molecule has 0 unspecified atom stereocenters. The number of phenols is 1. The molecule has 2 aromatic rings. The van der Waals surface area contributed by atoms with Crippen molar-refractivity contribution in [2.24, 2.45) is 0 Å². The first-order valence-electron chi connectivity index (χ1n) is 7.07. The zero-order valence-corrected chi connectivity index (χ0v) is 14.3. The minimum atomic E-state index is -0.331. The lowest BCUT2D eigenvalue weighted by molar-refractivity contribution is 0.0898. The zero-order chi connectivity index (χ0) is 16.7. The highest BCUT2D eigenvalue weighted by Gasteiger charge is 2.10. The Labute approximate surface area is 143 Å². The fourth-order valence-corrected chi connectivity index (χ4v) is 2.29. The van der Waals surface area contributed by atoms with Gasteiger partial charge in [0.1, 0.15) is 11.5 Å². The van der Waals surface area contributed by atoms with Crippen LogP contribution in [0.1, 0.15) is 15.9 Å². The molecule has 0 radical (unpaired) electrons. The number of nitrogens with one attached hydrogen (secondary N) is 1. The summed E-state index contributed by atoms with van der Waals surface area (Å²) in [6, 6.07) is 12.3. The van der Waals surface area contributed by atoms with Crippen LogP contribution in [0.4, 0.5) is 0 Å². The SMILES string of the molecule is COc1ccc(COCCNC(=O)c2ccc(Br)cc2O)cc1. The number of hydrogen-bond acceptors (Lipinski definition) is 4. The van der Waals surface area contributed by atoms with Crippen molar-refractivity contribution in [3.05, 3.63) is 58.1 Å². The molecule has 0 heterocycles. The number of carbonyl (C=O) groups excluding carboxylic acids is 1. The van der Waals surface area contributed by atoms with Crippen LogP contribution in [0.15, 0.2) is 46.9 Å². The van der Waals surface area contributed by atoms with Gasteiger partial charge < -0.3 is 19.9 Å². The molecule has 0 spiro atoms. The molecule has 0 bridgehead atoms. The van der Waals surface area contributed by atoms with Gasteiger partial charge in [-0.2, -0.15) is 0 Å². The first-order chi connectivity index (χ1) is 11.1. The summed E-state index contributed by atoms with van der Waals surface area (Å²) in [6.45, 7) is 1.21. The minimum Gasteiger partial charge on any atom is -0.507 e. The lowest BCUT2D eigenvalue weighted by atomic mass is 10.2. The van der Waals surface area contributed by atoms with E-state index in [4.69, 9.17) is 9.47 Å². The van der Waals surface area contributed by atoms with Crippen LogP contribution in [0.3, 0.4) is 0 Å². The smallest absolute Gasteiger partial charge is 0.255 e. The molecule has 0 fully saturated rings. The van der Waals surface area contributed by atoms with Crippen LogP contribution in [0.25, 0.3) is 0 Å². The van der Waals surface area contributed by atoms with E-state index in [-0.39, 0.29) is 17.2 Å². The number of halogens is 1. The van der Waals surface area contributed by atoms with Gasteiger partial charge in [-0.1, -0.05) is 28.1 Å². The van der Waals surface area contributed by atoms with Crippen molar-refractivity contribution in [3.8, 4) is 11.5 Å². The van der Waals surface area contributed by atoms with Crippen molar-refractivity contribution < 1.29 is 19.4 Å². The van der Waals surface area contributed by atoms with Crippen LogP contribution >= 0.6 is 15.9 Å². The van der Waals surface area contributed by atoms with Crippen molar-refractivity contribution in [1.29, 1.82) is 0 Å². The van der Waals surface area contributed by atoms with E-state index in [0.717, 1.165) is 15.8 Å². The summed E-state index contributed by atoms with van der Waals surface area (Å²) in [7, 11) is 1.62. The second-order valence-electron chi connectivity index (χ2n) is 4.82. The maximum atomic E-state index is 11.9. The van der Waals surface area contributed by atoms with Crippen LogP contribution in [-0.2, 0) is 11.3 Å². The Morgan fingerprint density at radius 2 is 1.96 bits per heavy atom. The first-order valence-corrected chi connectivity index (χ1v) is 7.87. The number of rotatable bonds is 7. The monoisotopic (exact) mass is 379 g/mol. The number of carbonyl (C=O) groups is 1. The van der Waals surface area contributed by atoms with Crippen LogP contribution in [0.2, 0.25) is 0 Å². The Balaban J connectivity index is 1.71. The third-order valence-corrected chi connectivity index (χ3v) is 3.66. The third-order valence-electron chi connectivity index (χ3n) is 3.16. The molecule has 122 valence electrons. The molecule has 0 aliphatic carbocycles. The molecule has 2 aromatic carbocycles. The standard InChI is InChI=1S/C17H18BrNO4/c1-22-14-5-2-12(3-6-14)11-23-9-8-19-17(21)15-7-4-13(18)10-16(15)20/h2-7,10,20H,8-9,11H2,1H3,(H,19,21). The topological polar surface area (TPSA) is 67.8 Å². The molecule has 0 aromatic heterocycles. The van der Waals surface area contributed by atoms with Crippen LogP contribution in [0, 0.1) is 0 Å². The highest BCUT2D eigenvalue weighted by Crippen LogP contribution is 2.22. The Bertz CT molecular complexity index is 658. The highest BCUT2D eigenvalue weighted by molar-refractivity contribution is 9.10. The summed E-state index contributed by atoms with van der Waals surface area (Å²) in [6.07, 6.45) is 0. The third kappa shape index (κ3) is 5.26.